The molecule has 2 aromatic rings. The van der Waals surface area contributed by atoms with Crippen LogP contribution in [0.4, 0.5) is 4.39 Å². The van der Waals surface area contributed by atoms with Crippen molar-refractivity contribution in [1.82, 2.24) is 0 Å². The maximum absolute atomic E-state index is 13.1. The first-order valence-electron chi connectivity index (χ1n) is 5.57. The normalized spacial score (nSPS) is 10.3. The molecule has 104 valence electrons. The first-order valence-corrected chi connectivity index (χ1v) is 7.02. The standard InChI is InChI=1S/C14H9ClFIO3/c15-11-3-2-10(16)5-9(11)7-20-13-6-8(14(18)19)1-4-12(13)17/h1-6H,7H2,(H,18,19). The van der Waals surface area contributed by atoms with Crippen molar-refractivity contribution in [2.45, 2.75) is 6.61 Å². The van der Waals surface area contributed by atoms with Gasteiger partial charge in [0.2, 0.25) is 0 Å². The summed E-state index contributed by atoms with van der Waals surface area (Å²) in [6.07, 6.45) is 0. The van der Waals surface area contributed by atoms with Crippen molar-refractivity contribution < 1.29 is 19.0 Å². The van der Waals surface area contributed by atoms with Gasteiger partial charge in [-0.1, -0.05) is 11.6 Å². The predicted octanol–water partition coefficient (Wildman–Crippen LogP) is 4.36. The number of carboxylic acid groups (broad SMARTS) is 1. The lowest BCUT2D eigenvalue weighted by Crippen LogP contribution is -2.01. The first kappa shape index (κ1) is 15.1. The van der Waals surface area contributed by atoms with E-state index in [9.17, 15) is 9.18 Å². The van der Waals surface area contributed by atoms with E-state index in [-0.39, 0.29) is 12.2 Å². The number of aromatic carboxylic acids is 1. The van der Waals surface area contributed by atoms with Crippen LogP contribution in [0.5, 0.6) is 5.75 Å². The number of carboxylic acids is 1. The van der Waals surface area contributed by atoms with Crippen molar-refractivity contribution >= 4 is 40.2 Å². The van der Waals surface area contributed by atoms with Gasteiger partial charge < -0.3 is 9.84 Å². The molecule has 0 saturated carbocycles. The number of carbonyl (C=O) groups is 1. The maximum atomic E-state index is 13.1. The Hall–Kier alpha value is -1.34. The van der Waals surface area contributed by atoms with Gasteiger partial charge in [-0.05, 0) is 59.0 Å². The van der Waals surface area contributed by atoms with Crippen LogP contribution in [-0.4, -0.2) is 11.1 Å². The van der Waals surface area contributed by atoms with Crippen LogP contribution in [0, 0.1) is 9.39 Å². The van der Waals surface area contributed by atoms with E-state index in [4.69, 9.17) is 21.4 Å². The summed E-state index contributed by atoms with van der Waals surface area (Å²) in [4.78, 5) is 10.9. The number of benzene rings is 2. The fourth-order valence-electron chi connectivity index (χ4n) is 1.56. The average molecular weight is 407 g/mol. The second kappa shape index (κ2) is 6.41. The van der Waals surface area contributed by atoms with Crippen molar-refractivity contribution in [2.75, 3.05) is 0 Å². The molecule has 0 aromatic heterocycles. The summed E-state index contributed by atoms with van der Waals surface area (Å²) in [6, 6.07) is 8.57. The van der Waals surface area contributed by atoms with Crippen LogP contribution in [-0.2, 0) is 6.61 Å². The molecule has 1 N–H and O–H groups in total. The molecule has 2 rings (SSSR count). The minimum absolute atomic E-state index is 0.0651. The molecular formula is C14H9ClFIO3. The van der Waals surface area contributed by atoms with Crippen LogP contribution in [0.25, 0.3) is 0 Å². The van der Waals surface area contributed by atoms with Gasteiger partial charge in [0, 0.05) is 10.6 Å². The van der Waals surface area contributed by atoms with Gasteiger partial charge in [-0.15, -0.1) is 0 Å². The third kappa shape index (κ3) is 3.61. The van der Waals surface area contributed by atoms with Crippen molar-refractivity contribution in [3.8, 4) is 5.75 Å². The first-order chi connectivity index (χ1) is 9.47. The van der Waals surface area contributed by atoms with E-state index in [1.807, 2.05) is 22.6 Å². The van der Waals surface area contributed by atoms with Gasteiger partial charge in [-0.2, -0.15) is 0 Å². The molecular weight excluding hydrogens is 398 g/mol. The zero-order valence-electron chi connectivity index (χ0n) is 10.1. The van der Waals surface area contributed by atoms with E-state index in [0.717, 1.165) is 3.57 Å². The molecule has 0 bridgehead atoms. The third-order valence-electron chi connectivity index (χ3n) is 2.57. The molecule has 0 aliphatic rings. The van der Waals surface area contributed by atoms with E-state index in [1.54, 1.807) is 6.07 Å². The van der Waals surface area contributed by atoms with Gasteiger partial charge >= 0.3 is 5.97 Å². The largest absolute Gasteiger partial charge is 0.488 e. The molecule has 0 unspecified atom stereocenters. The number of halogens is 3. The van der Waals surface area contributed by atoms with Crippen LogP contribution in [0.3, 0.4) is 0 Å². The minimum Gasteiger partial charge on any atom is -0.488 e. The topological polar surface area (TPSA) is 46.5 Å². The zero-order chi connectivity index (χ0) is 14.7. The smallest absolute Gasteiger partial charge is 0.335 e. The van der Waals surface area contributed by atoms with Crippen molar-refractivity contribution in [2.24, 2.45) is 0 Å². The van der Waals surface area contributed by atoms with Gasteiger partial charge in [0.05, 0.1) is 9.13 Å². The van der Waals surface area contributed by atoms with Gasteiger partial charge in [-0.25, -0.2) is 9.18 Å². The summed E-state index contributed by atoms with van der Waals surface area (Å²) in [6.45, 7) is 0.0651. The second-order valence-electron chi connectivity index (χ2n) is 3.97. The quantitative estimate of drug-likeness (QED) is 0.768. The highest BCUT2D eigenvalue weighted by Crippen LogP contribution is 2.25. The van der Waals surface area contributed by atoms with E-state index >= 15 is 0 Å². The summed E-state index contributed by atoms with van der Waals surface area (Å²) >= 11 is 7.97. The summed E-state index contributed by atoms with van der Waals surface area (Å²) in [5, 5.41) is 9.34. The Morgan fingerprint density at radius 2 is 2.05 bits per heavy atom. The highest BCUT2D eigenvalue weighted by atomic mass is 127. The molecule has 0 heterocycles. The predicted molar refractivity (Wildman–Crippen MR) is 81.9 cm³/mol. The molecule has 3 nitrogen and oxygen atoms in total. The summed E-state index contributed by atoms with van der Waals surface area (Å²) in [5.74, 6) is -1.01. The van der Waals surface area contributed by atoms with E-state index in [0.29, 0.717) is 16.3 Å². The van der Waals surface area contributed by atoms with Gasteiger partial charge in [0.15, 0.2) is 0 Å². The van der Waals surface area contributed by atoms with Gasteiger partial charge in [0.1, 0.15) is 18.2 Å². The summed E-state index contributed by atoms with van der Waals surface area (Å²) in [7, 11) is 0. The zero-order valence-corrected chi connectivity index (χ0v) is 13.0. The highest BCUT2D eigenvalue weighted by molar-refractivity contribution is 14.1. The SMILES string of the molecule is O=C(O)c1ccc(I)c(OCc2cc(F)ccc2Cl)c1. The minimum atomic E-state index is -1.03. The van der Waals surface area contributed by atoms with Crippen molar-refractivity contribution in [3.05, 3.63) is 61.9 Å². The van der Waals surface area contributed by atoms with Gasteiger partial charge in [0.25, 0.3) is 0 Å². The Kier molecular flexibility index (Phi) is 4.82. The second-order valence-corrected chi connectivity index (χ2v) is 5.54. The summed E-state index contributed by atoms with van der Waals surface area (Å²) in [5.41, 5.74) is 0.633. The third-order valence-corrected chi connectivity index (χ3v) is 3.83. The number of hydrogen-bond acceptors (Lipinski definition) is 2. The van der Waals surface area contributed by atoms with Crippen LogP contribution >= 0.6 is 34.2 Å². The Bertz CT molecular complexity index is 661. The Morgan fingerprint density at radius 1 is 1.30 bits per heavy atom. The molecule has 0 spiro atoms. The Balaban J connectivity index is 2.20. The van der Waals surface area contributed by atoms with Crippen molar-refractivity contribution in [3.63, 3.8) is 0 Å². The van der Waals surface area contributed by atoms with E-state index in [2.05, 4.69) is 0 Å². The van der Waals surface area contributed by atoms with Crippen LogP contribution in [0.2, 0.25) is 5.02 Å². The fraction of sp³-hybridized carbons (Fsp3) is 0.0714. The Morgan fingerprint density at radius 3 is 2.75 bits per heavy atom. The van der Waals surface area contributed by atoms with Gasteiger partial charge in [-0.3, -0.25) is 0 Å². The number of rotatable bonds is 4. The monoisotopic (exact) mass is 406 g/mol. The van der Waals surface area contributed by atoms with Crippen LogP contribution in [0.15, 0.2) is 36.4 Å². The molecule has 0 saturated heterocycles. The highest BCUT2D eigenvalue weighted by Gasteiger charge is 2.09. The molecule has 6 heteroatoms. The molecule has 20 heavy (non-hydrogen) atoms. The molecule has 0 fully saturated rings. The van der Waals surface area contributed by atoms with Crippen LogP contribution in [0.1, 0.15) is 15.9 Å². The van der Waals surface area contributed by atoms with E-state index < -0.39 is 11.8 Å². The van der Waals surface area contributed by atoms with Crippen LogP contribution < -0.4 is 4.74 Å². The summed E-state index contributed by atoms with van der Waals surface area (Å²) < 4.78 is 19.4. The lowest BCUT2D eigenvalue weighted by molar-refractivity contribution is 0.0696. The molecule has 0 aliphatic carbocycles. The fourth-order valence-corrected chi connectivity index (χ4v) is 2.22. The van der Waals surface area contributed by atoms with E-state index in [1.165, 1.54) is 30.3 Å². The number of hydrogen-bond donors (Lipinski definition) is 1. The molecule has 0 amide bonds. The maximum Gasteiger partial charge on any atom is 0.335 e. The molecule has 2 aromatic carbocycles. The molecule has 0 radical (unpaired) electrons. The van der Waals surface area contributed by atoms with Crippen molar-refractivity contribution in [1.29, 1.82) is 0 Å². The molecule has 0 aliphatic heterocycles. The Labute approximate surface area is 133 Å². The molecule has 0 atom stereocenters. The number of ether oxygens (including phenoxy) is 1. The lowest BCUT2D eigenvalue weighted by atomic mass is 10.2. The lowest BCUT2D eigenvalue weighted by Gasteiger charge is -2.10. The average Bonchev–Trinajstić information content (AvgIpc) is 2.41.